The van der Waals surface area contributed by atoms with Crippen molar-refractivity contribution >= 4 is 28.8 Å². The largest absolute Gasteiger partial charge is 0.338 e. The molecule has 0 saturated carbocycles. The van der Waals surface area contributed by atoms with Crippen LogP contribution in [-0.4, -0.2) is 22.9 Å². The molecular weight excluding hydrogens is 268 g/mol. The number of nitrogens with two attached hydrogens (primary N) is 1. The zero-order valence-corrected chi connectivity index (χ0v) is 12.8. The van der Waals surface area contributed by atoms with Gasteiger partial charge >= 0.3 is 0 Å². The Morgan fingerprint density at radius 1 is 1.50 bits per heavy atom. The zero-order chi connectivity index (χ0) is 13.8. The van der Waals surface area contributed by atoms with Crippen molar-refractivity contribution in [3.63, 3.8) is 0 Å². The molecule has 2 N–H and O–H groups in total. The molecule has 0 spiro atoms. The van der Waals surface area contributed by atoms with Crippen molar-refractivity contribution in [3.05, 3.63) is 21.3 Å². The van der Waals surface area contributed by atoms with Crippen LogP contribution in [0.25, 0.3) is 0 Å². The molecule has 1 rings (SSSR count). The highest BCUT2D eigenvalue weighted by atomic mass is 35.5. The van der Waals surface area contributed by atoms with Crippen LogP contribution in [0.3, 0.4) is 0 Å². The number of carbonyl (C=O) groups excluding carboxylic acids is 1. The molecule has 0 fully saturated rings. The number of rotatable bonds is 6. The van der Waals surface area contributed by atoms with E-state index in [0.29, 0.717) is 25.9 Å². The quantitative estimate of drug-likeness (QED) is 0.873. The Hall–Kier alpha value is -0.580. The normalized spacial score (nSPS) is 11.6. The minimum Gasteiger partial charge on any atom is -0.338 e. The highest BCUT2D eigenvalue weighted by molar-refractivity contribution is 7.16. The molecule has 0 unspecified atom stereocenters. The Labute approximate surface area is 118 Å². The summed E-state index contributed by atoms with van der Waals surface area (Å²) < 4.78 is 0.761. The summed E-state index contributed by atoms with van der Waals surface area (Å²) in [6, 6.07) is 3.83. The van der Waals surface area contributed by atoms with Crippen LogP contribution in [0.4, 0.5) is 0 Å². The van der Waals surface area contributed by atoms with Crippen molar-refractivity contribution in [2.75, 3.05) is 6.54 Å². The molecule has 18 heavy (non-hydrogen) atoms. The third kappa shape index (κ3) is 5.38. The minimum atomic E-state index is -0.290. The van der Waals surface area contributed by atoms with Crippen LogP contribution in [0.15, 0.2) is 12.1 Å². The Bertz CT molecular complexity index is 398. The first kappa shape index (κ1) is 15.5. The lowest BCUT2D eigenvalue weighted by atomic mass is 10.00. The van der Waals surface area contributed by atoms with Crippen LogP contribution in [0, 0.1) is 0 Å². The number of hydrogen-bond acceptors (Lipinski definition) is 3. The van der Waals surface area contributed by atoms with Crippen LogP contribution in [-0.2, 0) is 11.3 Å². The molecule has 0 saturated heterocycles. The molecule has 0 aromatic carbocycles. The predicted molar refractivity (Wildman–Crippen MR) is 77.9 cm³/mol. The third-order valence-electron chi connectivity index (χ3n) is 2.69. The summed E-state index contributed by atoms with van der Waals surface area (Å²) in [6.07, 6.45) is 1.20. The molecule has 0 radical (unpaired) electrons. The fourth-order valence-electron chi connectivity index (χ4n) is 1.59. The molecule has 0 aliphatic carbocycles. The van der Waals surface area contributed by atoms with Gasteiger partial charge in [0.25, 0.3) is 0 Å². The van der Waals surface area contributed by atoms with Crippen molar-refractivity contribution < 1.29 is 4.79 Å². The topological polar surface area (TPSA) is 46.3 Å². The summed E-state index contributed by atoms with van der Waals surface area (Å²) in [7, 11) is 0. The second kappa shape index (κ2) is 6.55. The van der Waals surface area contributed by atoms with Crippen molar-refractivity contribution in [2.24, 2.45) is 5.73 Å². The van der Waals surface area contributed by atoms with E-state index in [1.54, 1.807) is 0 Å². The molecule has 0 aliphatic rings. The third-order valence-corrected chi connectivity index (χ3v) is 3.91. The van der Waals surface area contributed by atoms with Crippen LogP contribution in [0.2, 0.25) is 4.34 Å². The van der Waals surface area contributed by atoms with Gasteiger partial charge < -0.3 is 10.6 Å². The molecule has 5 heteroatoms. The van der Waals surface area contributed by atoms with Gasteiger partial charge in [-0.15, -0.1) is 11.3 Å². The van der Waals surface area contributed by atoms with E-state index in [-0.39, 0.29) is 11.4 Å². The first-order valence-electron chi connectivity index (χ1n) is 6.12. The van der Waals surface area contributed by atoms with Gasteiger partial charge in [0.15, 0.2) is 0 Å². The van der Waals surface area contributed by atoms with Gasteiger partial charge in [0.05, 0.1) is 10.9 Å². The smallest absolute Gasteiger partial charge is 0.222 e. The maximum absolute atomic E-state index is 12.1. The monoisotopic (exact) mass is 288 g/mol. The molecule has 0 atom stereocenters. The second-order valence-corrected chi connectivity index (χ2v) is 6.90. The first-order valence-corrected chi connectivity index (χ1v) is 7.32. The maximum Gasteiger partial charge on any atom is 0.222 e. The minimum absolute atomic E-state index is 0.153. The molecule has 0 bridgehead atoms. The average molecular weight is 289 g/mol. The second-order valence-electron chi connectivity index (χ2n) is 5.10. The van der Waals surface area contributed by atoms with Gasteiger partial charge in [0.1, 0.15) is 0 Å². The van der Waals surface area contributed by atoms with Crippen LogP contribution in [0.5, 0.6) is 0 Å². The van der Waals surface area contributed by atoms with Gasteiger partial charge in [-0.3, -0.25) is 4.79 Å². The van der Waals surface area contributed by atoms with E-state index in [9.17, 15) is 4.79 Å². The first-order chi connectivity index (χ1) is 8.31. The van der Waals surface area contributed by atoms with Gasteiger partial charge in [-0.2, -0.15) is 0 Å². The number of thiophene rings is 1. The van der Waals surface area contributed by atoms with E-state index in [1.165, 1.54) is 11.3 Å². The summed E-state index contributed by atoms with van der Waals surface area (Å²) in [5, 5.41) is 0. The highest BCUT2D eigenvalue weighted by Crippen LogP contribution is 2.23. The Kier molecular flexibility index (Phi) is 5.63. The number of carbonyl (C=O) groups is 1. The molecule has 1 amide bonds. The summed E-state index contributed by atoms with van der Waals surface area (Å²) in [6.45, 7) is 7.21. The van der Waals surface area contributed by atoms with Crippen LogP contribution < -0.4 is 5.73 Å². The van der Waals surface area contributed by atoms with Gasteiger partial charge in [0.2, 0.25) is 5.91 Å². The van der Waals surface area contributed by atoms with Gasteiger partial charge in [-0.05, 0) is 39.3 Å². The lowest BCUT2D eigenvalue weighted by Crippen LogP contribution is -2.36. The van der Waals surface area contributed by atoms with Crippen LogP contribution >= 0.6 is 22.9 Å². The van der Waals surface area contributed by atoms with Crippen molar-refractivity contribution in [1.82, 2.24) is 4.90 Å². The van der Waals surface area contributed by atoms with E-state index in [2.05, 4.69) is 0 Å². The van der Waals surface area contributed by atoms with E-state index >= 15 is 0 Å². The molecule has 1 aromatic rings. The lowest BCUT2D eigenvalue weighted by molar-refractivity contribution is -0.131. The Morgan fingerprint density at radius 3 is 2.61 bits per heavy atom. The average Bonchev–Trinajstić information content (AvgIpc) is 2.67. The van der Waals surface area contributed by atoms with Crippen molar-refractivity contribution in [1.29, 1.82) is 0 Å². The number of hydrogen-bond donors (Lipinski definition) is 1. The van der Waals surface area contributed by atoms with Gasteiger partial charge in [-0.1, -0.05) is 11.6 Å². The summed E-state index contributed by atoms with van der Waals surface area (Å²) in [5.41, 5.74) is 5.60. The van der Waals surface area contributed by atoms with Gasteiger partial charge in [0, 0.05) is 23.4 Å². The van der Waals surface area contributed by atoms with Crippen molar-refractivity contribution in [2.45, 2.75) is 45.7 Å². The molecule has 0 aliphatic heterocycles. The molecule has 3 nitrogen and oxygen atoms in total. The molecular formula is C13H21ClN2OS. The Morgan fingerprint density at radius 2 is 2.17 bits per heavy atom. The summed E-state index contributed by atoms with van der Waals surface area (Å²) in [4.78, 5) is 15.0. The maximum atomic E-state index is 12.1. The summed E-state index contributed by atoms with van der Waals surface area (Å²) in [5.74, 6) is 0.153. The SMILES string of the molecule is CCN(Cc1ccc(Cl)s1)C(=O)CCC(C)(C)N. The molecule has 102 valence electrons. The van der Waals surface area contributed by atoms with E-state index in [4.69, 9.17) is 17.3 Å². The fraction of sp³-hybridized carbons (Fsp3) is 0.615. The van der Waals surface area contributed by atoms with E-state index in [1.807, 2.05) is 37.8 Å². The highest BCUT2D eigenvalue weighted by Gasteiger charge is 2.17. The molecule has 1 aromatic heterocycles. The van der Waals surface area contributed by atoms with Gasteiger partial charge in [-0.25, -0.2) is 0 Å². The zero-order valence-electron chi connectivity index (χ0n) is 11.2. The number of nitrogens with zero attached hydrogens (tertiary/aromatic N) is 1. The van der Waals surface area contributed by atoms with E-state index in [0.717, 1.165) is 9.21 Å². The number of amides is 1. The standard InChI is InChI=1S/C13H21ClN2OS/c1-4-16(9-10-5-6-11(14)18-10)12(17)7-8-13(2,3)15/h5-6H,4,7-9,15H2,1-3H3. The predicted octanol–water partition coefficient (Wildman–Crippen LogP) is 3.27. The Balaban J connectivity index is 2.52. The molecule has 1 heterocycles. The van der Waals surface area contributed by atoms with Crippen molar-refractivity contribution in [3.8, 4) is 0 Å². The lowest BCUT2D eigenvalue weighted by Gasteiger charge is -2.23. The number of halogens is 1. The van der Waals surface area contributed by atoms with E-state index < -0.39 is 0 Å². The fourth-order valence-corrected chi connectivity index (χ4v) is 2.69. The van der Waals surface area contributed by atoms with Crippen LogP contribution in [0.1, 0.15) is 38.5 Å². The summed E-state index contributed by atoms with van der Waals surface area (Å²) >= 11 is 7.41.